The number of benzene rings is 1. The van der Waals surface area contributed by atoms with Crippen LogP contribution in [0.15, 0.2) is 91.5 Å². The monoisotopic (exact) mass is 482 g/mol. The summed E-state index contributed by atoms with van der Waals surface area (Å²) in [6.07, 6.45) is 7.57. The number of thiocarbonyl (C=S) groups is 1. The fraction of sp³-hybridized carbons (Fsp3) is 0.222. The van der Waals surface area contributed by atoms with Crippen LogP contribution in [0.4, 0.5) is 11.4 Å². The topological polar surface area (TPSA) is 58.5 Å². The predicted molar refractivity (Wildman–Crippen MR) is 141 cm³/mol. The number of nitrogens with one attached hydrogen (secondary N) is 1. The zero-order valence-corrected chi connectivity index (χ0v) is 20.0. The lowest BCUT2D eigenvalue weighted by atomic mass is 10.0. The van der Waals surface area contributed by atoms with Crippen molar-refractivity contribution in [1.82, 2.24) is 19.9 Å². The molecule has 5 heterocycles. The molecule has 2 saturated heterocycles. The molecule has 6 rings (SSSR count). The normalized spacial score (nSPS) is 20.2. The Labute approximate surface area is 210 Å². The Morgan fingerprint density at radius 3 is 2.43 bits per heavy atom. The molecule has 35 heavy (non-hydrogen) atoms. The Balaban J connectivity index is 1.41. The summed E-state index contributed by atoms with van der Waals surface area (Å²) < 4.78 is 7.69. The van der Waals surface area contributed by atoms with Crippen LogP contribution in [-0.2, 0) is 4.74 Å². The maximum Gasteiger partial charge on any atom is 0.174 e. The molecule has 0 amide bonds. The van der Waals surface area contributed by atoms with Crippen molar-refractivity contribution in [3.63, 3.8) is 0 Å². The van der Waals surface area contributed by atoms with E-state index in [1.165, 1.54) is 5.69 Å². The van der Waals surface area contributed by atoms with E-state index in [4.69, 9.17) is 17.0 Å². The zero-order chi connectivity index (χ0) is 23.6. The molecule has 0 saturated carbocycles. The van der Waals surface area contributed by atoms with E-state index in [1.807, 2.05) is 30.6 Å². The van der Waals surface area contributed by atoms with Gasteiger partial charge >= 0.3 is 0 Å². The first kappa shape index (κ1) is 21.8. The Kier molecular flexibility index (Phi) is 5.89. The van der Waals surface area contributed by atoms with Gasteiger partial charge in [-0.1, -0.05) is 6.07 Å². The molecule has 176 valence electrons. The Hall–Kier alpha value is -3.75. The molecule has 2 aliphatic rings. The number of ether oxygens (including phenoxy) is 1. The molecule has 1 N–H and O–H groups in total. The molecule has 3 aromatic heterocycles. The molecule has 8 heteroatoms. The summed E-state index contributed by atoms with van der Waals surface area (Å²) >= 11 is 5.91. The number of nitrogens with zero attached hydrogens (tertiary/aromatic N) is 5. The number of hydrogen-bond donors (Lipinski definition) is 1. The number of aromatic nitrogens is 3. The summed E-state index contributed by atoms with van der Waals surface area (Å²) in [4.78, 5) is 13.6. The maximum atomic E-state index is 5.91. The van der Waals surface area contributed by atoms with Gasteiger partial charge in [-0.2, -0.15) is 0 Å². The van der Waals surface area contributed by atoms with Gasteiger partial charge in [0.1, 0.15) is 6.04 Å². The number of morpholine rings is 1. The third kappa shape index (κ3) is 4.15. The van der Waals surface area contributed by atoms with E-state index in [-0.39, 0.29) is 12.1 Å². The van der Waals surface area contributed by atoms with Gasteiger partial charge in [0.25, 0.3) is 0 Å². The smallest absolute Gasteiger partial charge is 0.174 e. The zero-order valence-electron chi connectivity index (χ0n) is 19.2. The van der Waals surface area contributed by atoms with Crippen molar-refractivity contribution in [3.05, 3.63) is 103 Å². The van der Waals surface area contributed by atoms with Crippen LogP contribution < -0.4 is 15.1 Å². The van der Waals surface area contributed by atoms with E-state index in [1.54, 1.807) is 6.20 Å². The largest absolute Gasteiger partial charge is 0.378 e. The van der Waals surface area contributed by atoms with E-state index in [2.05, 4.69) is 84.4 Å². The fourth-order valence-electron chi connectivity index (χ4n) is 4.95. The second-order valence-corrected chi connectivity index (χ2v) is 9.01. The summed E-state index contributed by atoms with van der Waals surface area (Å²) in [6, 6.07) is 22.7. The van der Waals surface area contributed by atoms with Gasteiger partial charge in [-0.3, -0.25) is 9.97 Å². The van der Waals surface area contributed by atoms with Crippen molar-refractivity contribution in [2.75, 3.05) is 36.1 Å². The van der Waals surface area contributed by atoms with Gasteiger partial charge in [0.2, 0.25) is 0 Å². The van der Waals surface area contributed by atoms with Crippen molar-refractivity contribution >= 4 is 28.7 Å². The minimum atomic E-state index is -0.104. The molecule has 2 atom stereocenters. The average molecular weight is 483 g/mol. The molecule has 0 spiro atoms. The molecule has 4 aromatic rings. The van der Waals surface area contributed by atoms with Crippen LogP contribution in [0.25, 0.3) is 5.69 Å². The van der Waals surface area contributed by atoms with E-state index in [0.717, 1.165) is 49.1 Å². The molecule has 1 aromatic carbocycles. The Morgan fingerprint density at radius 2 is 1.69 bits per heavy atom. The lowest BCUT2D eigenvalue weighted by Gasteiger charge is -2.31. The standard InChI is InChI=1S/C27H26N6OS/c35-27-30-25(23-6-1-2-13-29-23)26(24-7-4-14-32(24)22-5-3-12-28-19-22)33(27)21-10-8-20(9-11-21)31-15-17-34-18-16-31/h1-14,19,25-26H,15-18H2,(H,30,35)/t25-,26+/m1/s1. The molecule has 0 radical (unpaired) electrons. The van der Waals surface area contributed by atoms with Gasteiger partial charge in [0.05, 0.1) is 36.8 Å². The summed E-state index contributed by atoms with van der Waals surface area (Å²) in [6.45, 7) is 3.35. The van der Waals surface area contributed by atoms with Crippen LogP contribution in [0.1, 0.15) is 23.5 Å². The first-order valence-corrected chi connectivity index (χ1v) is 12.2. The van der Waals surface area contributed by atoms with Crippen LogP contribution in [-0.4, -0.2) is 46.0 Å². The van der Waals surface area contributed by atoms with Crippen molar-refractivity contribution in [3.8, 4) is 5.69 Å². The highest BCUT2D eigenvalue weighted by molar-refractivity contribution is 7.80. The van der Waals surface area contributed by atoms with Crippen LogP contribution in [0.3, 0.4) is 0 Å². The average Bonchev–Trinajstić information content (AvgIpc) is 3.55. The number of hydrogen-bond acceptors (Lipinski definition) is 5. The van der Waals surface area contributed by atoms with Gasteiger partial charge in [-0.15, -0.1) is 0 Å². The van der Waals surface area contributed by atoms with E-state index in [0.29, 0.717) is 5.11 Å². The van der Waals surface area contributed by atoms with Gasteiger partial charge in [-0.05, 0) is 72.9 Å². The summed E-state index contributed by atoms with van der Waals surface area (Å²) in [7, 11) is 0. The van der Waals surface area contributed by atoms with E-state index in [9.17, 15) is 0 Å². The number of rotatable bonds is 5. The van der Waals surface area contributed by atoms with Gasteiger partial charge in [-0.25, -0.2) is 0 Å². The second-order valence-electron chi connectivity index (χ2n) is 8.63. The third-order valence-corrected chi connectivity index (χ3v) is 6.92. The molecular weight excluding hydrogens is 456 g/mol. The van der Waals surface area contributed by atoms with Crippen LogP contribution in [0, 0.1) is 0 Å². The molecular formula is C27H26N6OS. The summed E-state index contributed by atoms with van der Waals surface area (Å²) in [5.74, 6) is 0. The quantitative estimate of drug-likeness (QED) is 0.426. The fourth-order valence-corrected chi connectivity index (χ4v) is 5.29. The Bertz CT molecular complexity index is 1290. The molecule has 0 unspecified atom stereocenters. The molecule has 0 bridgehead atoms. The van der Waals surface area contributed by atoms with Crippen LogP contribution in [0.2, 0.25) is 0 Å². The SMILES string of the molecule is S=C1N[C@H](c2ccccn2)[C@H](c2cccn2-c2cccnc2)N1c1ccc(N2CCOCC2)cc1. The van der Waals surface area contributed by atoms with E-state index < -0.39 is 0 Å². The minimum absolute atomic E-state index is 0.0955. The Morgan fingerprint density at radius 1 is 0.857 bits per heavy atom. The van der Waals surface area contributed by atoms with Crippen molar-refractivity contribution in [2.45, 2.75) is 12.1 Å². The minimum Gasteiger partial charge on any atom is -0.378 e. The van der Waals surface area contributed by atoms with Crippen LogP contribution in [0.5, 0.6) is 0 Å². The molecule has 7 nitrogen and oxygen atoms in total. The summed E-state index contributed by atoms with van der Waals surface area (Å²) in [5, 5.41) is 4.24. The summed E-state index contributed by atoms with van der Waals surface area (Å²) in [5.41, 5.74) is 5.31. The van der Waals surface area contributed by atoms with Crippen LogP contribution >= 0.6 is 12.2 Å². The lowest BCUT2D eigenvalue weighted by Crippen LogP contribution is -2.36. The van der Waals surface area contributed by atoms with Crippen molar-refractivity contribution in [1.29, 1.82) is 0 Å². The highest BCUT2D eigenvalue weighted by atomic mass is 32.1. The van der Waals surface area contributed by atoms with Crippen molar-refractivity contribution in [2.24, 2.45) is 0 Å². The highest BCUT2D eigenvalue weighted by Gasteiger charge is 2.42. The second kappa shape index (κ2) is 9.48. The van der Waals surface area contributed by atoms with Gasteiger partial charge in [0, 0.05) is 48.7 Å². The number of pyridine rings is 2. The highest BCUT2D eigenvalue weighted by Crippen LogP contribution is 2.42. The first-order valence-electron chi connectivity index (χ1n) is 11.8. The number of anilines is 2. The third-order valence-electron chi connectivity index (χ3n) is 6.61. The van der Waals surface area contributed by atoms with Crippen molar-refractivity contribution < 1.29 is 4.74 Å². The first-order chi connectivity index (χ1) is 17.3. The lowest BCUT2D eigenvalue weighted by molar-refractivity contribution is 0.122. The molecule has 2 aliphatic heterocycles. The van der Waals surface area contributed by atoms with Gasteiger partial charge in [0.15, 0.2) is 5.11 Å². The van der Waals surface area contributed by atoms with E-state index >= 15 is 0 Å². The maximum absolute atomic E-state index is 5.91. The van der Waals surface area contributed by atoms with Gasteiger partial charge < -0.3 is 24.4 Å². The predicted octanol–water partition coefficient (Wildman–Crippen LogP) is 4.28. The molecule has 2 fully saturated rings. The molecule has 0 aliphatic carbocycles.